The zero-order valence-corrected chi connectivity index (χ0v) is 10.6. The predicted octanol–water partition coefficient (Wildman–Crippen LogP) is 2.64. The Morgan fingerprint density at radius 3 is 2.38 bits per heavy atom. The van der Waals surface area contributed by atoms with E-state index in [2.05, 4.69) is 15.7 Å². The molecule has 0 unspecified atom stereocenters. The van der Waals surface area contributed by atoms with Crippen molar-refractivity contribution in [2.24, 2.45) is 5.84 Å². The molecule has 0 aliphatic rings. The van der Waals surface area contributed by atoms with Gasteiger partial charge in [-0.2, -0.15) is 13.2 Å². The minimum atomic E-state index is -4.41. The normalized spacial score (nSPS) is 11.0. The number of carbonyl (C=O) groups excluding carboxylic acids is 1. The van der Waals surface area contributed by atoms with Gasteiger partial charge in [0.05, 0.1) is 11.1 Å². The highest BCUT2D eigenvalue weighted by atomic mass is 19.4. The molecule has 2 aromatic rings. The average molecular weight is 296 g/mol. The molecule has 110 valence electrons. The largest absolute Gasteiger partial charge is 0.416 e. The Morgan fingerprint density at radius 1 is 1.14 bits per heavy atom. The molecule has 8 heteroatoms. The Hall–Kier alpha value is -2.61. The van der Waals surface area contributed by atoms with Crippen LogP contribution in [0.25, 0.3) is 0 Å². The number of halogens is 3. The summed E-state index contributed by atoms with van der Waals surface area (Å²) in [5.74, 6) is 4.87. The van der Waals surface area contributed by atoms with Gasteiger partial charge in [-0.1, -0.05) is 0 Å². The van der Waals surface area contributed by atoms with Crippen molar-refractivity contribution in [3.63, 3.8) is 0 Å². The van der Waals surface area contributed by atoms with Gasteiger partial charge in [0.2, 0.25) is 0 Å². The van der Waals surface area contributed by atoms with E-state index in [0.29, 0.717) is 0 Å². The van der Waals surface area contributed by atoms with Crippen molar-refractivity contribution >= 4 is 17.4 Å². The first-order chi connectivity index (χ1) is 9.91. The van der Waals surface area contributed by atoms with Crippen molar-refractivity contribution in [2.45, 2.75) is 6.18 Å². The third kappa shape index (κ3) is 3.48. The van der Waals surface area contributed by atoms with Crippen LogP contribution < -0.4 is 16.6 Å². The summed E-state index contributed by atoms with van der Waals surface area (Å²) >= 11 is 0. The van der Waals surface area contributed by atoms with E-state index < -0.39 is 17.6 Å². The van der Waals surface area contributed by atoms with E-state index in [1.807, 2.05) is 0 Å². The maximum atomic E-state index is 12.4. The molecule has 2 rings (SSSR count). The second kappa shape index (κ2) is 5.80. The van der Waals surface area contributed by atoms with Crippen LogP contribution in [0.3, 0.4) is 0 Å². The molecule has 1 heterocycles. The Morgan fingerprint density at radius 2 is 1.81 bits per heavy atom. The molecule has 1 aromatic heterocycles. The monoisotopic (exact) mass is 296 g/mol. The SMILES string of the molecule is NNc1ncccc1C(=O)Nc1ccc(C(F)(F)F)cc1. The number of anilines is 2. The predicted molar refractivity (Wildman–Crippen MR) is 71.4 cm³/mol. The smallest absolute Gasteiger partial charge is 0.322 e. The van der Waals surface area contributed by atoms with Crippen LogP contribution in [0.15, 0.2) is 42.6 Å². The van der Waals surface area contributed by atoms with Crippen molar-refractivity contribution in [3.8, 4) is 0 Å². The van der Waals surface area contributed by atoms with Gasteiger partial charge in [-0.3, -0.25) is 4.79 Å². The van der Waals surface area contributed by atoms with Crippen LogP contribution in [0.2, 0.25) is 0 Å². The maximum Gasteiger partial charge on any atom is 0.416 e. The summed E-state index contributed by atoms with van der Waals surface area (Å²) < 4.78 is 37.3. The molecule has 0 aliphatic carbocycles. The van der Waals surface area contributed by atoms with Gasteiger partial charge in [-0.25, -0.2) is 10.8 Å². The number of carbonyl (C=O) groups is 1. The van der Waals surface area contributed by atoms with Gasteiger partial charge in [-0.05, 0) is 36.4 Å². The third-order valence-electron chi connectivity index (χ3n) is 2.66. The van der Waals surface area contributed by atoms with Gasteiger partial charge in [0.25, 0.3) is 5.91 Å². The topological polar surface area (TPSA) is 80.0 Å². The minimum absolute atomic E-state index is 0.168. The molecule has 21 heavy (non-hydrogen) atoms. The number of nitrogens with zero attached hydrogens (tertiary/aromatic N) is 1. The molecule has 1 amide bonds. The van der Waals surface area contributed by atoms with Gasteiger partial charge >= 0.3 is 6.18 Å². The summed E-state index contributed by atoms with van der Waals surface area (Å²) in [6.45, 7) is 0. The number of nitrogens with one attached hydrogen (secondary N) is 2. The lowest BCUT2D eigenvalue weighted by Gasteiger charge is -2.10. The zero-order valence-electron chi connectivity index (χ0n) is 10.6. The van der Waals surface area contributed by atoms with Crippen LogP contribution >= 0.6 is 0 Å². The summed E-state index contributed by atoms with van der Waals surface area (Å²) in [4.78, 5) is 15.9. The Balaban J connectivity index is 2.16. The first-order valence-corrected chi connectivity index (χ1v) is 5.82. The van der Waals surface area contributed by atoms with E-state index in [9.17, 15) is 18.0 Å². The van der Waals surface area contributed by atoms with Gasteiger partial charge < -0.3 is 10.7 Å². The third-order valence-corrected chi connectivity index (χ3v) is 2.66. The van der Waals surface area contributed by atoms with E-state index in [1.165, 1.54) is 24.4 Å². The highest BCUT2D eigenvalue weighted by molar-refractivity contribution is 6.07. The number of pyridine rings is 1. The molecule has 0 atom stereocenters. The lowest BCUT2D eigenvalue weighted by molar-refractivity contribution is -0.137. The fraction of sp³-hybridized carbons (Fsp3) is 0.0769. The number of hydrazine groups is 1. The van der Waals surface area contributed by atoms with Gasteiger partial charge in [0, 0.05) is 11.9 Å². The number of aromatic nitrogens is 1. The Labute approximate surface area is 118 Å². The van der Waals surface area contributed by atoms with Crippen molar-refractivity contribution in [1.29, 1.82) is 0 Å². The molecule has 0 saturated heterocycles. The Kier molecular flexibility index (Phi) is 4.08. The maximum absolute atomic E-state index is 12.4. The van der Waals surface area contributed by atoms with Crippen molar-refractivity contribution in [3.05, 3.63) is 53.7 Å². The van der Waals surface area contributed by atoms with Crippen LogP contribution in [0, 0.1) is 0 Å². The fourth-order valence-corrected chi connectivity index (χ4v) is 1.64. The van der Waals surface area contributed by atoms with Crippen LogP contribution in [-0.2, 0) is 6.18 Å². The van der Waals surface area contributed by atoms with E-state index in [-0.39, 0.29) is 17.1 Å². The van der Waals surface area contributed by atoms with Crippen LogP contribution in [0.5, 0.6) is 0 Å². The standard InChI is InChI=1S/C13H11F3N4O/c14-13(15,16)8-3-5-9(6-4-8)19-12(21)10-2-1-7-18-11(10)20-17/h1-7H,17H2,(H,18,20)(H,19,21). The number of hydrogen-bond acceptors (Lipinski definition) is 4. The summed E-state index contributed by atoms with van der Waals surface area (Å²) in [5.41, 5.74) is 1.90. The van der Waals surface area contributed by atoms with E-state index in [4.69, 9.17) is 5.84 Å². The molecular weight excluding hydrogens is 285 g/mol. The molecule has 0 spiro atoms. The second-order valence-corrected chi connectivity index (χ2v) is 4.07. The number of hydrogen-bond donors (Lipinski definition) is 3. The number of nitrogens with two attached hydrogens (primary N) is 1. The van der Waals surface area contributed by atoms with Crippen LogP contribution in [0.4, 0.5) is 24.7 Å². The number of nitrogen functional groups attached to an aromatic ring is 1. The quantitative estimate of drug-likeness (QED) is 0.601. The van der Waals surface area contributed by atoms with E-state index in [0.717, 1.165) is 12.1 Å². The molecule has 0 aliphatic heterocycles. The fourth-order valence-electron chi connectivity index (χ4n) is 1.64. The average Bonchev–Trinajstić information content (AvgIpc) is 2.46. The highest BCUT2D eigenvalue weighted by Gasteiger charge is 2.30. The lowest BCUT2D eigenvalue weighted by atomic mass is 10.2. The molecular formula is C13H11F3N4O. The molecule has 0 fully saturated rings. The van der Waals surface area contributed by atoms with Crippen molar-refractivity contribution in [1.82, 2.24) is 4.98 Å². The second-order valence-electron chi connectivity index (χ2n) is 4.07. The zero-order chi connectivity index (χ0) is 15.5. The van der Waals surface area contributed by atoms with Gasteiger partial charge in [-0.15, -0.1) is 0 Å². The summed E-state index contributed by atoms with van der Waals surface area (Å²) in [6.07, 6.45) is -2.97. The first-order valence-electron chi connectivity index (χ1n) is 5.82. The number of rotatable bonds is 3. The molecule has 0 bridgehead atoms. The summed E-state index contributed by atoms with van der Waals surface area (Å²) in [6, 6.07) is 7.16. The first kappa shape index (κ1) is 14.8. The van der Waals surface area contributed by atoms with Crippen LogP contribution in [-0.4, -0.2) is 10.9 Å². The lowest BCUT2D eigenvalue weighted by Crippen LogP contribution is -2.18. The van der Waals surface area contributed by atoms with Crippen molar-refractivity contribution in [2.75, 3.05) is 10.7 Å². The number of alkyl halides is 3. The van der Waals surface area contributed by atoms with Crippen LogP contribution in [0.1, 0.15) is 15.9 Å². The number of amides is 1. The van der Waals surface area contributed by atoms with E-state index >= 15 is 0 Å². The molecule has 1 aromatic carbocycles. The minimum Gasteiger partial charge on any atom is -0.322 e. The molecule has 5 nitrogen and oxygen atoms in total. The van der Waals surface area contributed by atoms with E-state index in [1.54, 1.807) is 6.07 Å². The highest BCUT2D eigenvalue weighted by Crippen LogP contribution is 2.29. The summed E-state index contributed by atoms with van der Waals surface area (Å²) in [5, 5.41) is 2.47. The number of benzene rings is 1. The van der Waals surface area contributed by atoms with Crippen molar-refractivity contribution < 1.29 is 18.0 Å². The van der Waals surface area contributed by atoms with Gasteiger partial charge in [0.15, 0.2) is 5.82 Å². The summed E-state index contributed by atoms with van der Waals surface area (Å²) in [7, 11) is 0. The molecule has 0 radical (unpaired) electrons. The van der Waals surface area contributed by atoms with Gasteiger partial charge in [0.1, 0.15) is 0 Å². The Bertz CT molecular complexity index is 641. The molecule has 0 saturated carbocycles. The molecule has 4 N–H and O–H groups in total.